The lowest BCUT2D eigenvalue weighted by Gasteiger charge is -2.45. The maximum Gasteiger partial charge on any atom is 0.225 e. The van der Waals surface area contributed by atoms with Crippen LogP contribution in [0.4, 0.5) is 21.6 Å². The number of pyridine rings is 3. The minimum atomic E-state index is -0.573. The number of likely N-dealkylation sites (tertiary alicyclic amines) is 1. The molecule has 5 rings (SSSR count). The summed E-state index contributed by atoms with van der Waals surface area (Å²) in [7, 11) is 0. The highest BCUT2D eigenvalue weighted by Crippen LogP contribution is 2.42. The monoisotopic (exact) mass is 475 g/mol. The lowest BCUT2D eigenvalue weighted by molar-refractivity contribution is -0.135. The normalized spacial score (nSPS) is 18.7. The Hall–Kier alpha value is -3.62. The lowest BCUT2D eigenvalue weighted by Crippen LogP contribution is -2.53. The predicted molar refractivity (Wildman–Crippen MR) is 136 cm³/mol. The van der Waals surface area contributed by atoms with Gasteiger partial charge in [-0.2, -0.15) is 0 Å². The number of carbonyl (C=O) groups is 1. The first kappa shape index (κ1) is 23.1. The highest BCUT2D eigenvalue weighted by atomic mass is 19.1. The van der Waals surface area contributed by atoms with Crippen LogP contribution in [0.15, 0.2) is 35.6 Å². The van der Waals surface area contributed by atoms with E-state index >= 15 is 0 Å². The van der Waals surface area contributed by atoms with Gasteiger partial charge in [0.1, 0.15) is 11.2 Å². The Balaban J connectivity index is 1.57. The summed E-state index contributed by atoms with van der Waals surface area (Å²) in [4.78, 5) is 35.2. The van der Waals surface area contributed by atoms with Gasteiger partial charge in [-0.3, -0.25) is 14.8 Å². The molecule has 9 heteroatoms. The molecular formula is C26H30FN7O. The van der Waals surface area contributed by atoms with Gasteiger partial charge in [0.25, 0.3) is 0 Å². The van der Waals surface area contributed by atoms with Gasteiger partial charge in [-0.25, -0.2) is 14.4 Å². The van der Waals surface area contributed by atoms with Crippen molar-refractivity contribution in [1.82, 2.24) is 19.9 Å². The number of halogens is 1. The first-order chi connectivity index (χ1) is 16.7. The van der Waals surface area contributed by atoms with Crippen molar-refractivity contribution in [3.8, 4) is 11.3 Å². The van der Waals surface area contributed by atoms with Gasteiger partial charge in [0, 0.05) is 42.5 Å². The molecule has 0 spiro atoms. The van der Waals surface area contributed by atoms with Crippen LogP contribution in [0, 0.1) is 11.7 Å². The van der Waals surface area contributed by atoms with Gasteiger partial charge in [0.15, 0.2) is 11.6 Å². The molecule has 2 N–H and O–H groups in total. The Morgan fingerprint density at radius 3 is 2.60 bits per heavy atom. The SMILES string of the molecule is CC1=Nc2cnc3ccc(-c4cnc(N)c(F)c4)nc3c2N(C2CCN(C(=O)C(C)C)CC2)C1C. The van der Waals surface area contributed by atoms with E-state index in [1.165, 1.54) is 12.3 Å². The molecule has 0 saturated carbocycles. The van der Waals surface area contributed by atoms with Crippen molar-refractivity contribution in [3.05, 3.63) is 36.4 Å². The number of anilines is 2. The van der Waals surface area contributed by atoms with E-state index in [-0.39, 0.29) is 29.7 Å². The molecule has 0 aliphatic carbocycles. The molecule has 3 aromatic rings. The van der Waals surface area contributed by atoms with Crippen LogP contribution in [-0.2, 0) is 4.79 Å². The van der Waals surface area contributed by atoms with Gasteiger partial charge in [-0.05, 0) is 44.9 Å². The summed E-state index contributed by atoms with van der Waals surface area (Å²) < 4.78 is 14.1. The summed E-state index contributed by atoms with van der Waals surface area (Å²) in [5.74, 6) is -0.504. The van der Waals surface area contributed by atoms with Gasteiger partial charge < -0.3 is 15.5 Å². The summed E-state index contributed by atoms with van der Waals surface area (Å²) in [6.45, 7) is 9.55. The maximum absolute atomic E-state index is 14.1. The molecule has 5 heterocycles. The highest BCUT2D eigenvalue weighted by Gasteiger charge is 2.35. The van der Waals surface area contributed by atoms with Crippen molar-refractivity contribution < 1.29 is 9.18 Å². The number of nitrogens with two attached hydrogens (primary N) is 1. The number of fused-ring (bicyclic) bond motifs is 3. The Morgan fingerprint density at radius 2 is 1.91 bits per heavy atom. The highest BCUT2D eigenvalue weighted by molar-refractivity contribution is 6.04. The zero-order chi connectivity index (χ0) is 24.9. The van der Waals surface area contributed by atoms with Crippen LogP contribution in [0.3, 0.4) is 0 Å². The molecule has 35 heavy (non-hydrogen) atoms. The van der Waals surface area contributed by atoms with Crippen LogP contribution in [-0.4, -0.2) is 56.6 Å². The van der Waals surface area contributed by atoms with Crippen LogP contribution in [0.5, 0.6) is 0 Å². The van der Waals surface area contributed by atoms with Gasteiger partial charge in [0.05, 0.1) is 29.1 Å². The number of hydrogen-bond acceptors (Lipinski definition) is 7. The predicted octanol–water partition coefficient (Wildman–Crippen LogP) is 4.36. The smallest absolute Gasteiger partial charge is 0.225 e. The van der Waals surface area contributed by atoms with Crippen molar-refractivity contribution in [1.29, 1.82) is 0 Å². The van der Waals surface area contributed by atoms with Crippen LogP contribution >= 0.6 is 0 Å². The zero-order valence-electron chi connectivity index (χ0n) is 20.5. The van der Waals surface area contributed by atoms with Gasteiger partial charge in [-0.1, -0.05) is 13.8 Å². The second-order valence-electron chi connectivity index (χ2n) is 9.69. The quantitative estimate of drug-likeness (QED) is 0.604. The average molecular weight is 476 g/mol. The largest absolute Gasteiger partial charge is 0.381 e. The van der Waals surface area contributed by atoms with E-state index < -0.39 is 5.82 Å². The molecule has 1 atom stereocenters. The van der Waals surface area contributed by atoms with E-state index in [1.54, 1.807) is 6.20 Å². The molecule has 0 radical (unpaired) electrons. The summed E-state index contributed by atoms with van der Waals surface area (Å²) in [6.07, 6.45) is 5.06. The fourth-order valence-corrected chi connectivity index (χ4v) is 5.04. The number of hydrogen-bond donors (Lipinski definition) is 1. The fraction of sp³-hybridized carbons (Fsp3) is 0.423. The average Bonchev–Trinajstić information content (AvgIpc) is 2.86. The van der Waals surface area contributed by atoms with Crippen LogP contribution in [0.1, 0.15) is 40.5 Å². The fourth-order valence-electron chi connectivity index (χ4n) is 5.04. The third-order valence-corrected chi connectivity index (χ3v) is 7.07. The minimum absolute atomic E-state index is 0.000802. The first-order valence-corrected chi connectivity index (χ1v) is 12.1. The molecule has 1 fully saturated rings. The molecule has 3 aromatic heterocycles. The Kier molecular flexibility index (Phi) is 5.86. The third kappa shape index (κ3) is 4.09. The molecule has 0 bridgehead atoms. The molecule has 0 aromatic carbocycles. The van der Waals surface area contributed by atoms with Crippen molar-refractivity contribution >= 4 is 39.8 Å². The maximum atomic E-state index is 14.1. The zero-order valence-corrected chi connectivity index (χ0v) is 20.5. The summed E-state index contributed by atoms with van der Waals surface area (Å²) in [5.41, 5.74) is 10.9. The standard InChI is InChI=1S/C26H30FN7O/c1-14(2)26(35)33-9-7-18(8-10-33)34-16(4)15(3)31-22-13-29-21-6-5-20(32-23(21)24(22)34)17-11-19(27)25(28)30-12-17/h5-6,11-14,16,18H,7-10H2,1-4H3,(H2,28,30). The number of amides is 1. The number of carbonyl (C=O) groups excluding carboxylic acids is 1. The number of piperidine rings is 1. The van der Waals surface area contributed by atoms with E-state index in [4.69, 9.17) is 15.7 Å². The Labute approximate surface area is 204 Å². The van der Waals surface area contributed by atoms with Crippen molar-refractivity contribution in [2.45, 2.75) is 52.6 Å². The van der Waals surface area contributed by atoms with Crippen LogP contribution in [0.2, 0.25) is 0 Å². The molecule has 2 aliphatic heterocycles. The summed E-state index contributed by atoms with van der Waals surface area (Å²) in [6, 6.07) is 5.37. The summed E-state index contributed by atoms with van der Waals surface area (Å²) >= 11 is 0. The molecular weight excluding hydrogens is 445 g/mol. The van der Waals surface area contributed by atoms with E-state index in [0.717, 1.165) is 54.1 Å². The molecule has 182 valence electrons. The molecule has 2 aliphatic rings. The van der Waals surface area contributed by atoms with Gasteiger partial charge in [0.2, 0.25) is 5.91 Å². The minimum Gasteiger partial charge on any atom is -0.381 e. The van der Waals surface area contributed by atoms with Crippen LogP contribution < -0.4 is 10.6 Å². The van der Waals surface area contributed by atoms with Crippen molar-refractivity contribution in [2.24, 2.45) is 10.9 Å². The van der Waals surface area contributed by atoms with Gasteiger partial charge in [-0.15, -0.1) is 0 Å². The Bertz CT molecular complexity index is 1330. The number of aromatic nitrogens is 3. The van der Waals surface area contributed by atoms with E-state index in [9.17, 15) is 9.18 Å². The molecule has 1 unspecified atom stereocenters. The second-order valence-corrected chi connectivity index (χ2v) is 9.69. The van der Waals surface area contributed by atoms with Crippen molar-refractivity contribution in [2.75, 3.05) is 23.7 Å². The second kappa shape index (κ2) is 8.87. The number of nitrogens with zero attached hydrogens (tertiary/aromatic N) is 6. The third-order valence-electron chi connectivity index (χ3n) is 7.07. The van der Waals surface area contributed by atoms with E-state index in [1.807, 2.05) is 37.8 Å². The number of rotatable bonds is 3. The van der Waals surface area contributed by atoms with Crippen molar-refractivity contribution in [3.63, 3.8) is 0 Å². The van der Waals surface area contributed by atoms with E-state index in [0.29, 0.717) is 11.3 Å². The lowest BCUT2D eigenvalue weighted by atomic mass is 9.96. The molecule has 8 nitrogen and oxygen atoms in total. The van der Waals surface area contributed by atoms with E-state index in [2.05, 4.69) is 21.8 Å². The number of nitrogen functional groups attached to an aromatic ring is 1. The van der Waals surface area contributed by atoms with Crippen LogP contribution in [0.25, 0.3) is 22.3 Å². The molecule has 1 amide bonds. The molecule has 1 saturated heterocycles. The van der Waals surface area contributed by atoms with Gasteiger partial charge >= 0.3 is 0 Å². The summed E-state index contributed by atoms with van der Waals surface area (Å²) in [5, 5.41) is 0. The Morgan fingerprint density at radius 1 is 1.17 bits per heavy atom. The topological polar surface area (TPSA) is 101 Å². The number of aliphatic imine (C=N–C) groups is 1. The first-order valence-electron chi connectivity index (χ1n) is 12.1.